The molecule has 4 rings (SSSR count). The zero-order valence-electron chi connectivity index (χ0n) is 16.9. The third-order valence-electron chi connectivity index (χ3n) is 4.58. The maximum absolute atomic E-state index is 12.4. The van der Waals surface area contributed by atoms with Crippen LogP contribution in [0, 0.1) is 0 Å². The molecule has 1 N–H and O–H groups in total. The SMILES string of the molecule is COc1ccc(-c2noc(CNC(=O)c3ccc(OCc4ccccc4)cc3)n2)cc1. The topological polar surface area (TPSA) is 86.5 Å². The summed E-state index contributed by atoms with van der Waals surface area (Å²) in [5, 5.41) is 6.73. The Labute approximate surface area is 179 Å². The summed E-state index contributed by atoms with van der Waals surface area (Å²) in [7, 11) is 1.61. The van der Waals surface area contributed by atoms with Crippen LogP contribution in [0.5, 0.6) is 11.5 Å². The van der Waals surface area contributed by atoms with Gasteiger partial charge < -0.3 is 19.3 Å². The molecule has 0 spiro atoms. The number of hydrogen-bond acceptors (Lipinski definition) is 6. The molecule has 0 unspecified atom stereocenters. The summed E-state index contributed by atoms with van der Waals surface area (Å²) in [5.74, 6) is 1.98. The first-order valence-electron chi connectivity index (χ1n) is 9.73. The van der Waals surface area contributed by atoms with Gasteiger partial charge in [-0.05, 0) is 54.1 Å². The normalized spacial score (nSPS) is 10.5. The van der Waals surface area contributed by atoms with E-state index in [4.69, 9.17) is 14.0 Å². The number of hydrogen-bond donors (Lipinski definition) is 1. The van der Waals surface area contributed by atoms with E-state index in [2.05, 4.69) is 15.5 Å². The Morgan fingerprint density at radius 1 is 0.935 bits per heavy atom. The van der Waals surface area contributed by atoms with Gasteiger partial charge in [-0.3, -0.25) is 4.79 Å². The zero-order valence-corrected chi connectivity index (χ0v) is 16.9. The van der Waals surface area contributed by atoms with Crippen molar-refractivity contribution in [3.05, 3.63) is 95.9 Å². The number of nitrogens with zero attached hydrogens (tertiary/aromatic N) is 2. The largest absolute Gasteiger partial charge is 0.497 e. The molecule has 0 saturated carbocycles. The monoisotopic (exact) mass is 415 g/mol. The van der Waals surface area contributed by atoms with Gasteiger partial charge in [0.2, 0.25) is 11.7 Å². The van der Waals surface area contributed by atoms with E-state index in [0.29, 0.717) is 29.6 Å². The molecule has 0 atom stereocenters. The average molecular weight is 415 g/mol. The maximum atomic E-state index is 12.4. The molecule has 1 heterocycles. The molecule has 31 heavy (non-hydrogen) atoms. The molecule has 7 nitrogen and oxygen atoms in total. The number of aromatic nitrogens is 2. The number of carbonyl (C=O) groups excluding carboxylic acids is 1. The van der Waals surface area contributed by atoms with Crippen molar-refractivity contribution >= 4 is 5.91 Å². The van der Waals surface area contributed by atoms with E-state index in [1.54, 1.807) is 31.4 Å². The summed E-state index contributed by atoms with van der Waals surface area (Å²) in [5.41, 5.74) is 2.40. The van der Waals surface area contributed by atoms with Gasteiger partial charge >= 0.3 is 0 Å². The molecule has 0 aliphatic rings. The van der Waals surface area contributed by atoms with Gasteiger partial charge in [0, 0.05) is 11.1 Å². The molecule has 0 fully saturated rings. The molecular formula is C24H21N3O4. The van der Waals surface area contributed by atoms with Crippen LogP contribution in [-0.4, -0.2) is 23.2 Å². The molecule has 7 heteroatoms. The summed E-state index contributed by atoms with van der Waals surface area (Å²) in [4.78, 5) is 16.7. The van der Waals surface area contributed by atoms with Crippen molar-refractivity contribution in [2.24, 2.45) is 0 Å². The Morgan fingerprint density at radius 3 is 2.35 bits per heavy atom. The molecule has 3 aromatic carbocycles. The van der Waals surface area contributed by atoms with E-state index < -0.39 is 0 Å². The van der Waals surface area contributed by atoms with E-state index in [9.17, 15) is 4.79 Å². The molecule has 0 saturated heterocycles. The number of carbonyl (C=O) groups is 1. The fraction of sp³-hybridized carbons (Fsp3) is 0.125. The van der Waals surface area contributed by atoms with Crippen LogP contribution in [0.15, 0.2) is 83.4 Å². The van der Waals surface area contributed by atoms with Crippen molar-refractivity contribution in [2.75, 3.05) is 7.11 Å². The number of benzene rings is 3. The minimum Gasteiger partial charge on any atom is -0.497 e. The number of methoxy groups -OCH3 is 1. The van der Waals surface area contributed by atoms with Gasteiger partial charge in [-0.1, -0.05) is 35.5 Å². The molecule has 1 amide bonds. The number of ether oxygens (including phenoxy) is 2. The van der Waals surface area contributed by atoms with Gasteiger partial charge in [-0.25, -0.2) is 0 Å². The fourth-order valence-electron chi connectivity index (χ4n) is 2.89. The molecule has 0 aliphatic carbocycles. The van der Waals surface area contributed by atoms with Crippen molar-refractivity contribution in [1.29, 1.82) is 0 Å². The first-order chi connectivity index (χ1) is 15.2. The minimum atomic E-state index is -0.237. The second-order valence-electron chi connectivity index (χ2n) is 6.72. The summed E-state index contributed by atoms with van der Waals surface area (Å²) in [6.07, 6.45) is 0. The summed E-state index contributed by atoms with van der Waals surface area (Å²) in [6.45, 7) is 0.605. The van der Waals surface area contributed by atoms with Gasteiger partial charge in [0.05, 0.1) is 13.7 Å². The molecule has 0 radical (unpaired) electrons. The predicted octanol–water partition coefficient (Wildman–Crippen LogP) is 4.25. The van der Waals surface area contributed by atoms with E-state index in [-0.39, 0.29) is 12.5 Å². The quantitative estimate of drug-likeness (QED) is 0.463. The van der Waals surface area contributed by atoms with Crippen LogP contribution in [-0.2, 0) is 13.2 Å². The van der Waals surface area contributed by atoms with Crippen molar-refractivity contribution < 1.29 is 18.8 Å². The lowest BCUT2D eigenvalue weighted by Gasteiger charge is -2.07. The third kappa shape index (κ3) is 5.27. The molecule has 0 bridgehead atoms. The van der Waals surface area contributed by atoms with Crippen LogP contribution >= 0.6 is 0 Å². The fourth-order valence-corrected chi connectivity index (χ4v) is 2.89. The average Bonchev–Trinajstić information content (AvgIpc) is 3.31. The lowest BCUT2D eigenvalue weighted by atomic mass is 10.2. The lowest BCUT2D eigenvalue weighted by molar-refractivity contribution is 0.0946. The number of nitrogens with one attached hydrogen (secondary N) is 1. The van der Waals surface area contributed by atoms with Crippen LogP contribution in [0.3, 0.4) is 0 Å². The van der Waals surface area contributed by atoms with Crippen LogP contribution in [0.1, 0.15) is 21.8 Å². The third-order valence-corrected chi connectivity index (χ3v) is 4.58. The highest BCUT2D eigenvalue weighted by Gasteiger charge is 2.11. The Balaban J connectivity index is 1.30. The van der Waals surface area contributed by atoms with Gasteiger partial charge in [-0.2, -0.15) is 4.98 Å². The number of amides is 1. The van der Waals surface area contributed by atoms with Gasteiger partial charge in [-0.15, -0.1) is 0 Å². The van der Waals surface area contributed by atoms with E-state index in [1.807, 2.05) is 54.6 Å². The first-order valence-corrected chi connectivity index (χ1v) is 9.73. The molecule has 0 aliphatic heterocycles. The van der Waals surface area contributed by atoms with Gasteiger partial charge in [0.1, 0.15) is 18.1 Å². The maximum Gasteiger partial charge on any atom is 0.251 e. The molecular weight excluding hydrogens is 394 g/mol. The highest BCUT2D eigenvalue weighted by molar-refractivity contribution is 5.94. The Bertz CT molecular complexity index is 1120. The van der Waals surface area contributed by atoms with Crippen molar-refractivity contribution in [3.8, 4) is 22.9 Å². The van der Waals surface area contributed by atoms with Crippen molar-refractivity contribution in [1.82, 2.24) is 15.5 Å². The lowest BCUT2D eigenvalue weighted by Crippen LogP contribution is -2.22. The van der Waals surface area contributed by atoms with Crippen LogP contribution in [0.25, 0.3) is 11.4 Å². The zero-order chi connectivity index (χ0) is 21.5. The van der Waals surface area contributed by atoms with Crippen molar-refractivity contribution in [3.63, 3.8) is 0 Å². The number of rotatable bonds is 8. The van der Waals surface area contributed by atoms with Crippen molar-refractivity contribution in [2.45, 2.75) is 13.2 Å². The molecule has 1 aromatic heterocycles. The second-order valence-corrected chi connectivity index (χ2v) is 6.72. The molecule has 4 aromatic rings. The van der Waals surface area contributed by atoms with Gasteiger partial charge in [0.15, 0.2) is 0 Å². The van der Waals surface area contributed by atoms with Crippen LogP contribution in [0.2, 0.25) is 0 Å². The second kappa shape index (κ2) is 9.58. The van der Waals surface area contributed by atoms with Gasteiger partial charge in [0.25, 0.3) is 5.91 Å². The summed E-state index contributed by atoms with van der Waals surface area (Å²) < 4.78 is 16.1. The van der Waals surface area contributed by atoms with E-state index >= 15 is 0 Å². The van der Waals surface area contributed by atoms with Crippen LogP contribution < -0.4 is 14.8 Å². The Morgan fingerprint density at radius 2 is 1.65 bits per heavy atom. The highest BCUT2D eigenvalue weighted by atomic mass is 16.5. The Hall–Kier alpha value is -4.13. The predicted molar refractivity (Wildman–Crippen MR) is 115 cm³/mol. The summed E-state index contributed by atoms with van der Waals surface area (Å²) >= 11 is 0. The molecule has 156 valence electrons. The summed E-state index contributed by atoms with van der Waals surface area (Å²) in [6, 6.07) is 24.2. The standard InChI is InChI=1S/C24H21N3O4/c1-29-20-11-7-18(8-12-20)23-26-22(31-27-23)15-25-24(28)19-9-13-21(14-10-19)30-16-17-5-3-2-4-6-17/h2-14H,15-16H2,1H3,(H,25,28). The van der Waals surface area contributed by atoms with Crippen LogP contribution in [0.4, 0.5) is 0 Å². The highest BCUT2D eigenvalue weighted by Crippen LogP contribution is 2.20. The smallest absolute Gasteiger partial charge is 0.251 e. The first kappa shape index (κ1) is 20.2. The van der Waals surface area contributed by atoms with E-state index in [1.165, 1.54) is 0 Å². The Kier molecular flexibility index (Phi) is 6.23. The van der Waals surface area contributed by atoms with E-state index in [0.717, 1.165) is 16.9 Å². The minimum absolute atomic E-state index is 0.133.